The molecule has 1 heterocycles. The Labute approximate surface area is 159 Å². The van der Waals surface area contributed by atoms with Crippen LogP contribution in [0.4, 0.5) is 0 Å². The lowest BCUT2D eigenvalue weighted by Gasteiger charge is -2.11. The molecule has 0 aliphatic heterocycles. The van der Waals surface area contributed by atoms with Gasteiger partial charge in [0.1, 0.15) is 16.5 Å². The SMILES string of the molecule is CCNC(=NCc1nc(C)c(C)s1)NCCCOc1cccc(OC)c1. The predicted octanol–water partition coefficient (Wildman–Crippen LogP) is 3.29. The van der Waals surface area contributed by atoms with Crippen LogP contribution in [0.5, 0.6) is 11.5 Å². The van der Waals surface area contributed by atoms with Crippen LogP contribution in [-0.4, -0.2) is 37.7 Å². The minimum Gasteiger partial charge on any atom is -0.497 e. The van der Waals surface area contributed by atoms with Crippen molar-refractivity contribution in [3.8, 4) is 11.5 Å². The molecule has 0 spiro atoms. The number of hydrogen-bond donors (Lipinski definition) is 2. The molecule has 26 heavy (non-hydrogen) atoms. The van der Waals surface area contributed by atoms with Crippen molar-refractivity contribution in [1.29, 1.82) is 0 Å². The van der Waals surface area contributed by atoms with Crippen molar-refractivity contribution in [2.75, 3.05) is 26.8 Å². The third-order valence-corrected chi connectivity index (χ3v) is 4.77. The molecule has 2 aromatic rings. The predicted molar refractivity (Wildman–Crippen MR) is 108 cm³/mol. The zero-order valence-electron chi connectivity index (χ0n) is 16.0. The van der Waals surface area contributed by atoms with Crippen LogP contribution in [0.1, 0.15) is 28.9 Å². The lowest BCUT2D eigenvalue weighted by molar-refractivity contribution is 0.308. The highest BCUT2D eigenvalue weighted by molar-refractivity contribution is 7.11. The molecule has 0 unspecified atom stereocenters. The van der Waals surface area contributed by atoms with E-state index in [0.29, 0.717) is 13.2 Å². The van der Waals surface area contributed by atoms with E-state index >= 15 is 0 Å². The molecule has 0 aliphatic rings. The Morgan fingerprint density at radius 3 is 2.73 bits per heavy atom. The van der Waals surface area contributed by atoms with Crippen molar-refractivity contribution >= 4 is 17.3 Å². The van der Waals surface area contributed by atoms with Crippen LogP contribution >= 0.6 is 11.3 Å². The molecule has 6 nitrogen and oxygen atoms in total. The number of benzene rings is 1. The van der Waals surface area contributed by atoms with E-state index < -0.39 is 0 Å². The molecule has 2 N–H and O–H groups in total. The second-order valence-corrected chi connectivity index (χ2v) is 7.04. The molecule has 0 bridgehead atoms. The summed E-state index contributed by atoms with van der Waals surface area (Å²) in [6.07, 6.45) is 0.872. The van der Waals surface area contributed by atoms with E-state index in [1.54, 1.807) is 18.4 Å². The van der Waals surface area contributed by atoms with Gasteiger partial charge in [-0.15, -0.1) is 11.3 Å². The van der Waals surface area contributed by atoms with Crippen LogP contribution in [0.25, 0.3) is 0 Å². The lowest BCUT2D eigenvalue weighted by Crippen LogP contribution is -2.38. The van der Waals surface area contributed by atoms with E-state index in [1.165, 1.54) is 4.88 Å². The molecule has 1 aromatic heterocycles. The third kappa shape index (κ3) is 6.55. The van der Waals surface area contributed by atoms with Crippen molar-refractivity contribution in [1.82, 2.24) is 15.6 Å². The molecule has 0 aliphatic carbocycles. The van der Waals surface area contributed by atoms with Crippen molar-refractivity contribution < 1.29 is 9.47 Å². The summed E-state index contributed by atoms with van der Waals surface area (Å²) < 4.78 is 10.9. The van der Waals surface area contributed by atoms with Crippen LogP contribution in [0.2, 0.25) is 0 Å². The topological polar surface area (TPSA) is 67.8 Å². The van der Waals surface area contributed by atoms with Crippen LogP contribution in [0.15, 0.2) is 29.3 Å². The van der Waals surface area contributed by atoms with E-state index in [1.807, 2.05) is 31.2 Å². The lowest BCUT2D eigenvalue weighted by atomic mass is 10.3. The first-order valence-corrected chi connectivity index (χ1v) is 9.66. The van der Waals surface area contributed by atoms with Gasteiger partial charge in [0.25, 0.3) is 0 Å². The van der Waals surface area contributed by atoms with E-state index in [2.05, 4.69) is 34.5 Å². The van der Waals surface area contributed by atoms with Crippen LogP contribution in [-0.2, 0) is 6.54 Å². The fourth-order valence-electron chi connectivity index (χ4n) is 2.26. The van der Waals surface area contributed by atoms with Gasteiger partial charge in [-0.1, -0.05) is 6.07 Å². The number of ether oxygens (including phenoxy) is 2. The molecule has 0 atom stereocenters. The fraction of sp³-hybridized carbons (Fsp3) is 0.474. The quantitative estimate of drug-likeness (QED) is 0.399. The molecule has 0 saturated carbocycles. The van der Waals surface area contributed by atoms with Crippen molar-refractivity contribution in [2.24, 2.45) is 4.99 Å². The van der Waals surface area contributed by atoms with Gasteiger partial charge in [-0.3, -0.25) is 0 Å². The molecule has 2 rings (SSSR count). The number of aliphatic imine (C=N–C) groups is 1. The zero-order chi connectivity index (χ0) is 18.8. The second-order valence-electron chi connectivity index (χ2n) is 5.75. The van der Waals surface area contributed by atoms with Gasteiger partial charge < -0.3 is 20.1 Å². The zero-order valence-corrected chi connectivity index (χ0v) is 16.8. The maximum Gasteiger partial charge on any atom is 0.191 e. The standard InChI is InChI=1S/C19H28N4O2S/c1-5-20-19(22-13-18-23-14(2)15(3)26-18)21-10-7-11-25-17-9-6-8-16(12-17)24-4/h6,8-9,12H,5,7,10-11,13H2,1-4H3,(H2,20,21,22). The van der Waals surface area contributed by atoms with E-state index in [9.17, 15) is 0 Å². The molecule has 0 amide bonds. The Balaban J connectivity index is 1.74. The summed E-state index contributed by atoms with van der Waals surface area (Å²) in [6, 6.07) is 7.64. The van der Waals surface area contributed by atoms with Gasteiger partial charge in [0.15, 0.2) is 5.96 Å². The van der Waals surface area contributed by atoms with E-state index in [4.69, 9.17) is 9.47 Å². The first kappa shape index (κ1) is 20.0. The van der Waals surface area contributed by atoms with Gasteiger partial charge in [0, 0.05) is 24.0 Å². The van der Waals surface area contributed by atoms with Crippen molar-refractivity contribution in [3.05, 3.63) is 39.8 Å². The molecule has 0 radical (unpaired) electrons. The summed E-state index contributed by atoms with van der Waals surface area (Å²) >= 11 is 1.70. The summed E-state index contributed by atoms with van der Waals surface area (Å²) in [5.41, 5.74) is 1.09. The van der Waals surface area contributed by atoms with Gasteiger partial charge in [0.2, 0.25) is 0 Å². The highest BCUT2D eigenvalue weighted by atomic mass is 32.1. The number of hydrogen-bond acceptors (Lipinski definition) is 5. The maximum absolute atomic E-state index is 5.75. The van der Waals surface area contributed by atoms with Crippen LogP contribution in [0, 0.1) is 13.8 Å². The molecular weight excluding hydrogens is 348 g/mol. The van der Waals surface area contributed by atoms with Crippen molar-refractivity contribution in [2.45, 2.75) is 33.7 Å². The smallest absolute Gasteiger partial charge is 0.191 e. The molecule has 0 saturated heterocycles. The summed E-state index contributed by atoms with van der Waals surface area (Å²) in [5, 5.41) is 7.63. The van der Waals surface area contributed by atoms with Gasteiger partial charge in [-0.25, -0.2) is 9.98 Å². The number of guanidine groups is 1. The maximum atomic E-state index is 5.75. The fourth-order valence-corrected chi connectivity index (χ4v) is 3.11. The highest BCUT2D eigenvalue weighted by Crippen LogP contribution is 2.19. The summed E-state index contributed by atoms with van der Waals surface area (Å²) in [4.78, 5) is 10.4. The van der Waals surface area contributed by atoms with Gasteiger partial charge in [0.05, 0.1) is 26.0 Å². The number of aromatic nitrogens is 1. The monoisotopic (exact) mass is 376 g/mol. The normalized spacial score (nSPS) is 11.3. The van der Waals surface area contributed by atoms with Gasteiger partial charge >= 0.3 is 0 Å². The molecular formula is C19H28N4O2S. The van der Waals surface area contributed by atoms with E-state index in [-0.39, 0.29) is 0 Å². The molecule has 1 aromatic carbocycles. The summed E-state index contributed by atoms with van der Waals surface area (Å²) in [5.74, 6) is 2.42. The number of rotatable bonds is 9. The van der Waals surface area contributed by atoms with Crippen molar-refractivity contribution in [3.63, 3.8) is 0 Å². The molecule has 0 fully saturated rings. The number of nitrogens with one attached hydrogen (secondary N) is 2. The first-order valence-electron chi connectivity index (χ1n) is 8.84. The highest BCUT2D eigenvalue weighted by Gasteiger charge is 2.04. The Morgan fingerprint density at radius 1 is 1.23 bits per heavy atom. The van der Waals surface area contributed by atoms with Gasteiger partial charge in [-0.05, 0) is 39.3 Å². The van der Waals surface area contributed by atoms with E-state index in [0.717, 1.165) is 47.7 Å². The minimum absolute atomic E-state index is 0.592. The minimum atomic E-state index is 0.592. The number of thiazole rings is 1. The van der Waals surface area contributed by atoms with Crippen LogP contribution in [0.3, 0.4) is 0 Å². The molecule has 142 valence electrons. The van der Waals surface area contributed by atoms with Gasteiger partial charge in [-0.2, -0.15) is 0 Å². The Morgan fingerprint density at radius 2 is 2.04 bits per heavy atom. The Hall–Kier alpha value is -2.28. The third-order valence-electron chi connectivity index (χ3n) is 3.71. The second kappa shape index (κ2) is 10.7. The molecule has 7 heteroatoms. The first-order chi connectivity index (χ1) is 12.6. The summed E-state index contributed by atoms with van der Waals surface area (Å²) in [6.45, 7) is 9.00. The number of aryl methyl sites for hydroxylation is 2. The average Bonchev–Trinajstić information content (AvgIpc) is 2.97. The largest absolute Gasteiger partial charge is 0.497 e. The average molecular weight is 377 g/mol. The number of nitrogens with zero attached hydrogens (tertiary/aromatic N) is 2. The number of methoxy groups -OCH3 is 1. The summed E-state index contributed by atoms with van der Waals surface area (Å²) in [7, 11) is 1.65. The Bertz CT molecular complexity index is 696. The Kier molecular flexibility index (Phi) is 8.21. The van der Waals surface area contributed by atoms with Crippen LogP contribution < -0.4 is 20.1 Å².